The zero-order valence-corrected chi connectivity index (χ0v) is 17.0. The normalized spacial score (nSPS) is 27.7. The summed E-state index contributed by atoms with van der Waals surface area (Å²) in [4.78, 5) is 14.7. The molecular weight excluding hydrogens is 364 g/mol. The summed E-state index contributed by atoms with van der Waals surface area (Å²) in [6, 6.07) is 12.6. The van der Waals surface area contributed by atoms with Gasteiger partial charge in [0.2, 0.25) is 5.91 Å². The van der Waals surface area contributed by atoms with Crippen LogP contribution < -0.4 is 5.73 Å². The number of hydrogen-bond acceptors (Lipinski definition) is 4. The SMILES string of the molecule is N[C@H]1CCCN(C(=O)Cn2cccn2)[C@H]1COC1CCC(c2ccccc2)CC1. The number of amides is 1. The summed E-state index contributed by atoms with van der Waals surface area (Å²) in [6.07, 6.45) is 10.1. The van der Waals surface area contributed by atoms with Crippen LogP contribution in [0.25, 0.3) is 0 Å². The molecule has 1 aromatic heterocycles. The molecule has 29 heavy (non-hydrogen) atoms. The number of nitrogens with zero attached hydrogens (tertiary/aromatic N) is 3. The third-order valence-corrected chi connectivity index (χ3v) is 6.46. The maximum atomic E-state index is 12.8. The summed E-state index contributed by atoms with van der Waals surface area (Å²) in [7, 11) is 0. The van der Waals surface area contributed by atoms with Gasteiger partial charge in [0.15, 0.2) is 0 Å². The van der Waals surface area contributed by atoms with Gasteiger partial charge in [-0.25, -0.2) is 0 Å². The highest BCUT2D eigenvalue weighted by molar-refractivity contribution is 5.76. The Bertz CT molecular complexity index is 756. The highest BCUT2D eigenvalue weighted by Crippen LogP contribution is 2.34. The minimum Gasteiger partial charge on any atom is -0.376 e. The maximum Gasteiger partial charge on any atom is 0.244 e. The van der Waals surface area contributed by atoms with E-state index < -0.39 is 0 Å². The third kappa shape index (κ3) is 5.06. The zero-order chi connectivity index (χ0) is 20.1. The lowest BCUT2D eigenvalue weighted by atomic mass is 9.83. The fourth-order valence-electron chi connectivity index (χ4n) is 4.76. The largest absolute Gasteiger partial charge is 0.376 e. The van der Waals surface area contributed by atoms with Crippen molar-refractivity contribution in [1.29, 1.82) is 0 Å². The van der Waals surface area contributed by atoms with Crippen molar-refractivity contribution < 1.29 is 9.53 Å². The lowest BCUT2D eigenvalue weighted by Crippen LogP contribution is -2.57. The van der Waals surface area contributed by atoms with Crippen molar-refractivity contribution in [3.05, 3.63) is 54.4 Å². The van der Waals surface area contributed by atoms with E-state index in [1.807, 2.05) is 17.2 Å². The van der Waals surface area contributed by atoms with Gasteiger partial charge in [-0.2, -0.15) is 5.10 Å². The highest BCUT2D eigenvalue weighted by Gasteiger charge is 2.33. The first-order chi connectivity index (χ1) is 14.2. The van der Waals surface area contributed by atoms with Gasteiger partial charge in [-0.3, -0.25) is 9.48 Å². The van der Waals surface area contributed by atoms with Crippen LogP contribution in [-0.4, -0.2) is 51.9 Å². The number of hydrogen-bond donors (Lipinski definition) is 1. The van der Waals surface area contributed by atoms with Crippen LogP contribution in [0.15, 0.2) is 48.8 Å². The monoisotopic (exact) mass is 396 g/mol. The second-order valence-corrected chi connectivity index (χ2v) is 8.38. The Morgan fingerprint density at radius 2 is 1.90 bits per heavy atom. The van der Waals surface area contributed by atoms with Crippen LogP contribution in [0.5, 0.6) is 0 Å². The smallest absolute Gasteiger partial charge is 0.244 e. The molecule has 1 amide bonds. The average molecular weight is 397 g/mol. The quantitative estimate of drug-likeness (QED) is 0.815. The molecule has 1 saturated carbocycles. The van der Waals surface area contributed by atoms with Crippen molar-refractivity contribution in [2.75, 3.05) is 13.2 Å². The molecule has 2 aromatic rings. The van der Waals surface area contributed by atoms with Crippen molar-refractivity contribution in [3.63, 3.8) is 0 Å². The Balaban J connectivity index is 1.29. The molecule has 2 aliphatic rings. The lowest BCUT2D eigenvalue weighted by molar-refractivity contribution is -0.139. The first-order valence-corrected chi connectivity index (χ1v) is 10.9. The van der Waals surface area contributed by atoms with Crippen LogP contribution in [0, 0.1) is 0 Å². The van der Waals surface area contributed by atoms with Crippen LogP contribution in [0.2, 0.25) is 0 Å². The number of piperidine rings is 1. The number of aromatic nitrogens is 2. The van der Waals surface area contributed by atoms with Crippen LogP contribution in [0.1, 0.15) is 50.0 Å². The second-order valence-electron chi connectivity index (χ2n) is 8.38. The van der Waals surface area contributed by atoms with Gasteiger partial charge in [-0.1, -0.05) is 30.3 Å². The first-order valence-electron chi connectivity index (χ1n) is 10.9. The number of nitrogens with two attached hydrogens (primary N) is 1. The number of rotatable bonds is 6. The van der Waals surface area contributed by atoms with E-state index in [0.29, 0.717) is 12.5 Å². The zero-order valence-electron chi connectivity index (χ0n) is 17.0. The number of likely N-dealkylation sites (tertiary alicyclic amines) is 1. The second kappa shape index (κ2) is 9.55. The lowest BCUT2D eigenvalue weighted by Gasteiger charge is -2.40. The van der Waals surface area contributed by atoms with Crippen molar-refractivity contribution in [3.8, 4) is 0 Å². The van der Waals surface area contributed by atoms with Crippen molar-refractivity contribution in [2.45, 2.75) is 69.2 Å². The van der Waals surface area contributed by atoms with Gasteiger partial charge in [0.25, 0.3) is 0 Å². The van der Waals surface area contributed by atoms with E-state index in [-0.39, 0.29) is 30.6 Å². The number of benzene rings is 1. The molecule has 156 valence electrons. The van der Waals surface area contributed by atoms with E-state index in [1.165, 1.54) is 5.56 Å². The Morgan fingerprint density at radius 3 is 2.62 bits per heavy atom. The fraction of sp³-hybridized carbons (Fsp3) is 0.565. The third-order valence-electron chi connectivity index (χ3n) is 6.46. The van der Waals surface area contributed by atoms with Gasteiger partial charge < -0.3 is 15.4 Å². The minimum absolute atomic E-state index is 0.0222. The molecule has 0 radical (unpaired) electrons. The average Bonchev–Trinajstić information content (AvgIpc) is 3.27. The topological polar surface area (TPSA) is 73.4 Å². The highest BCUT2D eigenvalue weighted by atomic mass is 16.5. The molecule has 2 heterocycles. The van der Waals surface area contributed by atoms with Crippen molar-refractivity contribution >= 4 is 5.91 Å². The van der Waals surface area contributed by atoms with Crippen molar-refractivity contribution in [2.24, 2.45) is 5.73 Å². The van der Waals surface area contributed by atoms with Gasteiger partial charge in [0, 0.05) is 25.0 Å². The molecule has 2 fully saturated rings. The number of ether oxygens (including phenoxy) is 1. The molecule has 1 aromatic carbocycles. The molecule has 0 unspecified atom stereocenters. The van der Waals surface area contributed by atoms with E-state index in [1.54, 1.807) is 10.9 Å². The molecule has 1 aliphatic heterocycles. The summed E-state index contributed by atoms with van der Waals surface area (Å²) in [6.45, 7) is 1.55. The maximum absolute atomic E-state index is 12.8. The number of carbonyl (C=O) groups is 1. The Morgan fingerprint density at radius 1 is 1.10 bits per heavy atom. The van der Waals surface area contributed by atoms with E-state index in [4.69, 9.17) is 10.5 Å². The summed E-state index contributed by atoms with van der Waals surface area (Å²) in [5.74, 6) is 0.713. The molecule has 6 nitrogen and oxygen atoms in total. The Hall–Kier alpha value is -2.18. The van der Waals surface area contributed by atoms with Gasteiger partial charge >= 0.3 is 0 Å². The van der Waals surface area contributed by atoms with Crippen LogP contribution in [0.3, 0.4) is 0 Å². The molecule has 4 rings (SSSR count). The predicted molar refractivity (Wildman–Crippen MR) is 112 cm³/mol. The summed E-state index contributed by atoms with van der Waals surface area (Å²) >= 11 is 0. The van der Waals surface area contributed by atoms with Crippen LogP contribution in [-0.2, 0) is 16.1 Å². The first kappa shape index (κ1) is 20.1. The summed E-state index contributed by atoms with van der Waals surface area (Å²) in [5, 5.41) is 4.15. The molecule has 6 heteroatoms. The number of carbonyl (C=O) groups excluding carboxylic acids is 1. The molecule has 2 N–H and O–H groups in total. The summed E-state index contributed by atoms with van der Waals surface area (Å²) in [5.41, 5.74) is 7.84. The molecule has 1 aliphatic carbocycles. The van der Waals surface area contributed by atoms with E-state index >= 15 is 0 Å². The van der Waals surface area contributed by atoms with Gasteiger partial charge in [-0.05, 0) is 56.1 Å². The van der Waals surface area contributed by atoms with Crippen LogP contribution >= 0.6 is 0 Å². The van der Waals surface area contributed by atoms with Gasteiger partial charge in [0.1, 0.15) is 6.54 Å². The predicted octanol–water partition coefficient (Wildman–Crippen LogP) is 2.94. The molecule has 1 saturated heterocycles. The molecule has 0 bridgehead atoms. The molecule has 2 atom stereocenters. The van der Waals surface area contributed by atoms with Crippen molar-refractivity contribution in [1.82, 2.24) is 14.7 Å². The Kier molecular flexibility index (Phi) is 6.62. The van der Waals surface area contributed by atoms with Crippen LogP contribution in [0.4, 0.5) is 0 Å². The minimum atomic E-state index is -0.0429. The Labute approximate surface area is 173 Å². The fourth-order valence-corrected chi connectivity index (χ4v) is 4.76. The standard InChI is InChI=1S/C23H32N4O2/c24-21-8-4-15-27(23(28)16-26-14-5-13-25-26)22(21)17-29-20-11-9-19(10-12-20)18-6-2-1-3-7-18/h1-3,5-7,13-14,19-22H,4,8-12,15-17,24H2/t19?,20?,21-,22-/m0/s1. The van der Waals surface area contributed by atoms with E-state index in [9.17, 15) is 4.79 Å². The summed E-state index contributed by atoms with van der Waals surface area (Å²) < 4.78 is 7.97. The molecule has 0 spiro atoms. The van der Waals surface area contributed by atoms with E-state index in [0.717, 1.165) is 45.1 Å². The van der Waals surface area contributed by atoms with Gasteiger partial charge in [0.05, 0.1) is 18.8 Å². The van der Waals surface area contributed by atoms with E-state index in [2.05, 4.69) is 35.4 Å². The van der Waals surface area contributed by atoms with Gasteiger partial charge in [-0.15, -0.1) is 0 Å². The molecular formula is C23H32N4O2.